The average Bonchev–Trinajstić information content (AvgIpc) is 2.73. The lowest BCUT2D eigenvalue weighted by molar-refractivity contribution is -0.0292. The van der Waals surface area contributed by atoms with Gasteiger partial charge in [-0.3, -0.25) is 14.6 Å². The fourth-order valence-corrected chi connectivity index (χ4v) is 5.01. The molecular weight excluding hydrogens is 352 g/mol. The van der Waals surface area contributed by atoms with E-state index in [4.69, 9.17) is 4.74 Å². The smallest absolute Gasteiger partial charge is 0.251 e. The summed E-state index contributed by atoms with van der Waals surface area (Å²) in [6.07, 6.45) is 2.53. The van der Waals surface area contributed by atoms with Crippen molar-refractivity contribution in [3.63, 3.8) is 0 Å². The van der Waals surface area contributed by atoms with Crippen molar-refractivity contribution < 1.29 is 9.53 Å². The van der Waals surface area contributed by atoms with Gasteiger partial charge in [0.1, 0.15) is 0 Å². The van der Waals surface area contributed by atoms with Crippen LogP contribution in [0.2, 0.25) is 0 Å². The summed E-state index contributed by atoms with van der Waals surface area (Å²) in [6.45, 7) is 8.25. The van der Waals surface area contributed by atoms with Crippen molar-refractivity contribution in [3.05, 3.63) is 29.8 Å². The van der Waals surface area contributed by atoms with Gasteiger partial charge < -0.3 is 15.0 Å². The maximum absolute atomic E-state index is 12.5. The van der Waals surface area contributed by atoms with E-state index in [1.165, 1.54) is 32.5 Å². The van der Waals surface area contributed by atoms with Crippen LogP contribution in [0.3, 0.4) is 0 Å². The Balaban J connectivity index is 1.26. The largest absolute Gasteiger partial charge is 0.379 e. The van der Waals surface area contributed by atoms with Crippen LogP contribution in [0.25, 0.3) is 0 Å². The predicted octanol–water partition coefficient (Wildman–Crippen LogP) is 1.53. The molecule has 4 heterocycles. The standard InChI is InChI=1S/C22H34N4O2/c1-24(2)20-5-3-17(4-6-20)22(27)23-14-21-13-18-7-8-26(21)16-19(18)15-25-9-11-28-12-10-25/h3-6,18-19,21H,7-16H2,1-2H3,(H,23,27). The van der Waals surface area contributed by atoms with E-state index in [0.29, 0.717) is 6.04 Å². The maximum Gasteiger partial charge on any atom is 0.251 e. The van der Waals surface area contributed by atoms with Crippen molar-refractivity contribution in [2.75, 3.05) is 71.5 Å². The summed E-state index contributed by atoms with van der Waals surface area (Å²) in [6, 6.07) is 8.31. The van der Waals surface area contributed by atoms with Crippen molar-refractivity contribution in [2.24, 2.45) is 11.8 Å². The van der Waals surface area contributed by atoms with Gasteiger partial charge in [0.25, 0.3) is 5.91 Å². The van der Waals surface area contributed by atoms with Crippen LogP contribution in [-0.4, -0.2) is 88.3 Å². The highest BCUT2D eigenvalue weighted by Gasteiger charge is 2.40. The number of rotatable bonds is 6. The second-order valence-corrected chi connectivity index (χ2v) is 8.76. The van der Waals surface area contributed by atoms with Crippen molar-refractivity contribution in [2.45, 2.75) is 18.9 Å². The number of amides is 1. The molecule has 0 aliphatic carbocycles. The van der Waals surface area contributed by atoms with Crippen molar-refractivity contribution >= 4 is 11.6 Å². The molecule has 0 spiro atoms. The monoisotopic (exact) mass is 386 g/mol. The first-order valence-corrected chi connectivity index (χ1v) is 10.7. The minimum absolute atomic E-state index is 0.0396. The Hall–Kier alpha value is -1.63. The zero-order valence-electron chi connectivity index (χ0n) is 17.3. The van der Waals surface area contributed by atoms with Gasteiger partial charge in [-0.05, 0) is 55.5 Å². The van der Waals surface area contributed by atoms with Gasteiger partial charge in [-0.1, -0.05) is 0 Å². The number of hydrogen-bond donors (Lipinski definition) is 1. The number of ether oxygens (including phenoxy) is 1. The molecule has 4 fully saturated rings. The molecule has 0 radical (unpaired) electrons. The molecule has 4 aliphatic rings. The molecule has 4 atom stereocenters. The number of hydrogen-bond acceptors (Lipinski definition) is 5. The molecule has 1 aromatic carbocycles. The third kappa shape index (κ3) is 4.50. The van der Waals surface area contributed by atoms with E-state index < -0.39 is 0 Å². The van der Waals surface area contributed by atoms with Gasteiger partial charge in [0.05, 0.1) is 13.2 Å². The Morgan fingerprint density at radius 3 is 2.57 bits per heavy atom. The van der Waals surface area contributed by atoms with Crippen molar-refractivity contribution in [1.29, 1.82) is 0 Å². The highest BCUT2D eigenvalue weighted by molar-refractivity contribution is 5.94. The quantitative estimate of drug-likeness (QED) is 0.803. The number of morpholine rings is 1. The molecule has 5 rings (SSSR count). The van der Waals surface area contributed by atoms with Crippen LogP contribution in [0.1, 0.15) is 23.2 Å². The first-order chi connectivity index (χ1) is 13.6. The van der Waals surface area contributed by atoms with Crippen LogP contribution in [0.4, 0.5) is 5.69 Å². The molecule has 2 bridgehead atoms. The van der Waals surface area contributed by atoms with Crippen molar-refractivity contribution in [1.82, 2.24) is 15.1 Å². The van der Waals surface area contributed by atoms with Gasteiger partial charge in [-0.25, -0.2) is 0 Å². The molecule has 1 N–H and O–H groups in total. The molecule has 1 aromatic rings. The third-order valence-electron chi connectivity index (χ3n) is 6.75. The summed E-state index contributed by atoms with van der Waals surface area (Å²) in [5, 5.41) is 3.18. The Labute approximate surface area is 168 Å². The third-order valence-corrected chi connectivity index (χ3v) is 6.75. The summed E-state index contributed by atoms with van der Waals surface area (Å²) in [4.78, 5) is 19.8. The molecule has 6 heteroatoms. The van der Waals surface area contributed by atoms with E-state index >= 15 is 0 Å². The van der Waals surface area contributed by atoms with Crippen LogP contribution < -0.4 is 10.2 Å². The minimum Gasteiger partial charge on any atom is -0.379 e. The molecule has 0 saturated carbocycles. The molecule has 154 valence electrons. The molecule has 0 aromatic heterocycles. The summed E-state index contributed by atoms with van der Waals surface area (Å²) in [7, 11) is 4.02. The van der Waals surface area contributed by atoms with Crippen LogP contribution >= 0.6 is 0 Å². The zero-order valence-corrected chi connectivity index (χ0v) is 17.3. The van der Waals surface area contributed by atoms with E-state index in [-0.39, 0.29) is 5.91 Å². The first kappa shape index (κ1) is 19.7. The fraction of sp³-hybridized carbons (Fsp3) is 0.682. The van der Waals surface area contributed by atoms with E-state index in [9.17, 15) is 4.79 Å². The second-order valence-electron chi connectivity index (χ2n) is 8.76. The van der Waals surface area contributed by atoms with Crippen molar-refractivity contribution in [3.8, 4) is 0 Å². The summed E-state index contributed by atoms with van der Waals surface area (Å²) in [5.41, 5.74) is 1.85. The normalized spacial score (nSPS) is 30.2. The van der Waals surface area contributed by atoms with Gasteiger partial charge >= 0.3 is 0 Å². The number of fused-ring (bicyclic) bond motifs is 3. The van der Waals surface area contributed by atoms with Crippen LogP contribution in [0.15, 0.2) is 24.3 Å². The van der Waals surface area contributed by atoms with E-state index in [0.717, 1.165) is 55.9 Å². The highest BCUT2D eigenvalue weighted by Crippen LogP contribution is 2.36. The number of anilines is 1. The molecule has 4 saturated heterocycles. The molecular formula is C22H34N4O2. The number of carbonyl (C=O) groups is 1. The van der Waals surface area contributed by atoms with Crippen LogP contribution in [0.5, 0.6) is 0 Å². The van der Waals surface area contributed by atoms with Crippen LogP contribution in [0, 0.1) is 11.8 Å². The molecule has 28 heavy (non-hydrogen) atoms. The maximum atomic E-state index is 12.5. The lowest BCUT2D eigenvalue weighted by Gasteiger charge is -2.51. The highest BCUT2D eigenvalue weighted by atomic mass is 16.5. The Kier molecular flexibility index (Phi) is 6.19. The lowest BCUT2D eigenvalue weighted by atomic mass is 9.75. The molecule has 4 unspecified atom stereocenters. The average molecular weight is 387 g/mol. The van der Waals surface area contributed by atoms with Gasteiger partial charge in [-0.2, -0.15) is 0 Å². The van der Waals surface area contributed by atoms with E-state index in [1.807, 2.05) is 43.3 Å². The van der Waals surface area contributed by atoms with E-state index in [1.54, 1.807) is 0 Å². The minimum atomic E-state index is 0.0396. The number of nitrogens with one attached hydrogen (secondary N) is 1. The van der Waals surface area contributed by atoms with Gasteiger partial charge in [0.15, 0.2) is 0 Å². The van der Waals surface area contributed by atoms with Crippen LogP contribution in [-0.2, 0) is 4.74 Å². The summed E-state index contributed by atoms with van der Waals surface area (Å²) < 4.78 is 5.48. The van der Waals surface area contributed by atoms with E-state index in [2.05, 4.69) is 15.1 Å². The zero-order chi connectivity index (χ0) is 19.5. The summed E-state index contributed by atoms with van der Waals surface area (Å²) >= 11 is 0. The van der Waals surface area contributed by atoms with Gasteiger partial charge in [-0.15, -0.1) is 0 Å². The lowest BCUT2D eigenvalue weighted by Crippen LogP contribution is -2.58. The second kappa shape index (κ2) is 8.80. The molecule has 1 amide bonds. The Morgan fingerprint density at radius 1 is 1.18 bits per heavy atom. The number of piperidine rings is 3. The van der Waals surface area contributed by atoms with Gasteiger partial charge in [0, 0.05) is 64.1 Å². The molecule has 4 aliphatic heterocycles. The Morgan fingerprint density at radius 2 is 1.93 bits per heavy atom. The Bertz CT molecular complexity index is 657. The molecule has 6 nitrogen and oxygen atoms in total. The topological polar surface area (TPSA) is 48.1 Å². The SMILES string of the molecule is CN(C)c1ccc(C(=O)NCC2CC3CCN2CC3CN2CCOCC2)cc1. The fourth-order valence-electron chi connectivity index (χ4n) is 5.01. The summed E-state index contributed by atoms with van der Waals surface area (Å²) in [5.74, 6) is 1.62. The van der Waals surface area contributed by atoms with Gasteiger partial charge in [0.2, 0.25) is 0 Å². The number of carbonyl (C=O) groups excluding carboxylic acids is 1. The number of benzene rings is 1. The number of nitrogens with zero attached hydrogens (tertiary/aromatic N) is 3. The first-order valence-electron chi connectivity index (χ1n) is 10.7. The predicted molar refractivity (Wildman–Crippen MR) is 112 cm³/mol.